The predicted octanol–water partition coefficient (Wildman–Crippen LogP) is 3.54. The maximum Gasteiger partial charge on any atom is 0.241 e. The molecule has 1 aromatic carbocycles. The third kappa shape index (κ3) is 6.04. The summed E-state index contributed by atoms with van der Waals surface area (Å²) in [4.78, 5) is 27.3. The Morgan fingerprint density at radius 2 is 1.85 bits per heavy atom. The van der Waals surface area contributed by atoms with Crippen molar-refractivity contribution >= 4 is 27.7 Å². The second-order valence-corrected chi connectivity index (χ2v) is 8.56. The van der Waals surface area contributed by atoms with Crippen LogP contribution < -0.4 is 10.6 Å². The fourth-order valence-corrected chi connectivity index (χ4v) is 4.56. The first-order chi connectivity index (χ1) is 13.1. The highest BCUT2D eigenvalue weighted by molar-refractivity contribution is 9.10. The molecule has 1 aliphatic heterocycles. The molecule has 1 saturated carbocycles. The van der Waals surface area contributed by atoms with E-state index in [1.54, 1.807) is 0 Å². The lowest BCUT2D eigenvalue weighted by Crippen LogP contribution is -2.41. The summed E-state index contributed by atoms with van der Waals surface area (Å²) in [6.07, 6.45) is 8.43. The van der Waals surface area contributed by atoms with Gasteiger partial charge in [0.05, 0.1) is 0 Å². The van der Waals surface area contributed by atoms with E-state index in [0.717, 1.165) is 48.8 Å². The number of likely N-dealkylation sites (tertiary alicyclic amines) is 1. The van der Waals surface area contributed by atoms with Crippen LogP contribution in [-0.2, 0) is 9.59 Å². The first-order valence-corrected chi connectivity index (χ1v) is 11.0. The number of nitrogens with zero attached hydrogens (tertiary/aromatic N) is 1. The van der Waals surface area contributed by atoms with Crippen LogP contribution in [0.15, 0.2) is 28.7 Å². The van der Waals surface area contributed by atoms with Crippen molar-refractivity contribution in [3.8, 4) is 0 Å². The minimum atomic E-state index is -0.286. The molecule has 2 fully saturated rings. The zero-order valence-electron chi connectivity index (χ0n) is 15.9. The summed E-state index contributed by atoms with van der Waals surface area (Å²) < 4.78 is 0.976. The second-order valence-electron chi connectivity index (χ2n) is 7.64. The molecular formula is C21H30BrN3O2. The average Bonchev–Trinajstić information content (AvgIpc) is 3.17. The van der Waals surface area contributed by atoms with Gasteiger partial charge in [-0.05, 0) is 56.5 Å². The van der Waals surface area contributed by atoms with Crippen LogP contribution in [0.2, 0.25) is 0 Å². The molecule has 148 valence electrons. The largest absolute Gasteiger partial charge is 0.354 e. The fraction of sp³-hybridized carbons (Fsp3) is 0.619. The number of nitrogens with one attached hydrogen (secondary N) is 2. The van der Waals surface area contributed by atoms with Crippen LogP contribution >= 0.6 is 15.9 Å². The third-order valence-electron chi connectivity index (χ3n) is 5.54. The number of hydrogen-bond acceptors (Lipinski definition) is 3. The van der Waals surface area contributed by atoms with E-state index in [9.17, 15) is 9.59 Å². The van der Waals surface area contributed by atoms with Gasteiger partial charge in [-0.25, -0.2) is 0 Å². The van der Waals surface area contributed by atoms with Crippen LogP contribution in [0, 0.1) is 0 Å². The van der Waals surface area contributed by atoms with Crippen molar-refractivity contribution in [3.63, 3.8) is 0 Å². The Balaban J connectivity index is 1.52. The van der Waals surface area contributed by atoms with Crippen molar-refractivity contribution < 1.29 is 9.59 Å². The van der Waals surface area contributed by atoms with E-state index >= 15 is 0 Å². The Morgan fingerprint density at radius 1 is 1.11 bits per heavy atom. The molecule has 2 amide bonds. The maximum absolute atomic E-state index is 12.9. The van der Waals surface area contributed by atoms with Gasteiger partial charge in [0.2, 0.25) is 11.8 Å². The van der Waals surface area contributed by atoms with E-state index in [0.29, 0.717) is 19.0 Å². The molecule has 0 bridgehead atoms. The lowest BCUT2D eigenvalue weighted by molar-refractivity contribution is -0.126. The van der Waals surface area contributed by atoms with Crippen LogP contribution in [0.4, 0.5) is 0 Å². The van der Waals surface area contributed by atoms with Crippen molar-refractivity contribution in [1.82, 2.24) is 15.5 Å². The molecule has 0 unspecified atom stereocenters. The van der Waals surface area contributed by atoms with E-state index in [4.69, 9.17) is 0 Å². The van der Waals surface area contributed by atoms with E-state index in [1.165, 1.54) is 19.3 Å². The molecule has 1 heterocycles. The zero-order valence-corrected chi connectivity index (χ0v) is 17.5. The van der Waals surface area contributed by atoms with Crippen molar-refractivity contribution in [2.24, 2.45) is 0 Å². The highest BCUT2D eigenvalue weighted by Gasteiger charge is 2.29. The predicted molar refractivity (Wildman–Crippen MR) is 110 cm³/mol. The van der Waals surface area contributed by atoms with Crippen molar-refractivity contribution in [3.05, 3.63) is 34.3 Å². The standard InChI is InChI=1S/C21H30BrN3O2/c22-17-8-6-7-16(15-17)20(25-13-4-5-14-25)21(27)23-12-11-19(26)24-18-9-2-1-3-10-18/h6-8,15,18,20H,1-5,9-14H2,(H,23,27)(H,24,26)/t20-/m0/s1. The molecule has 3 rings (SSSR count). The van der Waals surface area contributed by atoms with Crippen LogP contribution in [0.3, 0.4) is 0 Å². The summed E-state index contributed by atoms with van der Waals surface area (Å²) >= 11 is 3.50. The monoisotopic (exact) mass is 435 g/mol. The first kappa shape index (κ1) is 20.3. The number of halogens is 1. The molecule has 2 aliphatic rings. The van der Waals surface area contributed by atoms with E-state index in [2.05, 4.69) is 31.5 Å². The summed E-state index contributed by atoms with van der Waals surface area (Å²) in [5.41, 5.74) is 0.996. The van der Waals surface area contributed by atoms with Gasteiger partial charge in [0.1, 0.15) is 6.04 Å². The van der Waals surface area contributed by atoms with Gasteiger partial charge in [-0.2, -0.15) is 0 Å². The smallest absolute Gasteiger partial charge is 0.241 e. The molecule has 1 aliphatic carbocycles. The normalized spacial score (nSPS) is 19.6. The Hall–Kier alpha value is -1.40. The third-order valence-corrected chi connectivity index (χ3v) is 6.03. The van der Waals surface area contributed by atoms with Crippen molar-refractivity contribution in [2.45, 2.75) is 63.5 Å². The molecule has 0 aromatic heterocycles. The number of amides is 2. The fourth-order valence-electron chi connectivity index (χ4n) is 4.15. The van der Waals surface area contributed by atoms with Gasteiger partial charge in [-0.1, -0.05) is 47.3 Å². The molecule has 2 N–H and O–H groups in total. The molecule has 1 atom stereocenters. The minimum absolute atomic E-state index is 0.0135. The average molecular weight is 436 g/mol. The number of rotatable bonds is 7. The molecule has 5 nitrogen and oxygen atoms in total. The zero-order chi connectivity index (χ0) is 19.1. The molecule has 27 heavy (non-hydrogen) atoms. The minimum Gasteiger partial charge on any atom is -0.354 e. The van der Waals surface area contributed by atoms with Gasteiger partial charge in [-0.3, -0.25) is 14.5 Å². The molecular weight excluding hydrogens is 406 g/mol. The van der Waals surface area contributed by atoms with Gasteiger partial charge in [0.25, 0.3) is 0 Å². The lowest BCUT2D eigenvalue weighted by atomic mass is 9.95. The van der Waals surface area contributed by atoms with E-state index in [1.807, 2.05) is 24.3 Å². The molecule has 0 radical (unpaired) electrons. The van der Waals surface area contributed by atoms with Gasteiger partial charge < -0.3 is 10.6 Å². The van der Waals surface area contributed by atoms with Crippen LogP contribution in [0.1, 0.15) is 63.0 Å². The molecule has 1 saturated heterocycles. The van der Waals surface area contributed by atoms with E-state index in [-0.39, 0.29) is 17.9 Å². The van der Waals surface area contributed by atoms with Crippen molar-refractivity contribution in [2.75, 3.05) is 19.6 Å². The Kier molecular flexibility index (Phi) is 7.70. The topological polar surface area (TPSA) is 61.4 Å². The highest BCUT2D eigenvalue weighted by Crippen LogP contribution is 2.27. The maximum atomic E-state index is 12.9. The first-order valence-electron chi connectivity index (χ1n) is 10.2. The highest BCUT2D eigenvalue weighted by atomic mass is 79.9. The lowest BCUT2D eigenvalue weighted by Gasteiger charge is -2.27. The molecule has 6 heteroatoms. The van der Waals surface area contributed by atoms with Gasteiger partial charge in [0.15, 0.2) is 0 Å². The number of carbonyl (C=O) groups excluding carboxylic acids is 2. The van der Waals surface area contributed by atoms with E-state index < -0.39 is 0 Å². The SMILES string of the molecule is O=C(CCNC(=O)[C@H](c1cccc(Br)c1)N1CCCC1)NC1CCCCC1. The summed E-state index contributed by atoms with van der Waals surface area (Å²) in [5, 5.41) is 6.10. The van der Waals surface area contributed by atoms with Gasteiger partial charge in [-0.15, -0.1) is 0 Å². The summed E-state index contributed by atoms with van der Waals surface area (Å²) in [7, 11) is 0. The molecule has 1 aromatic rings. The van der Waals surface area contributed by atoms with Crippen LogP contribution in [0.5, 0.6) is 0 Å². The van der Waals surface area contributed by atoms with Crippen LogP contribution in [0.25, 0.3) is 0 Å². The quantitative estimate of drug-likeness (QED) is 0.688. The number of carbonyl (C=O) groups is 2. The van der Waals surface area contributed by atoms with Crippen LogP contribution in [-0.4, -0.2) is 42.4 Å². The van der Waals surface area contributed by atoms with Gasteiger partial charge >= 0.3 is 0 Å². The number of benzene rings is 1. The Bertz CT molecular complexity index is 640. The van der Waals surface area contributed by atoms with Crippen molar-refractivity contribution in [1.29, 1.82) is 0 Å². The Labute approximate surface area is 170 Å². The van der Waals surface area contributed by atoms with Gasteiger partial charge in [0, 0.05) is 23.5 Å². The summed E-state index contributed by atoms with van der Waals surface area (Å²) in [6.45, 7) is 2.26. The Morgan fingerprint density at radius 3 is 2.56 bits per heavy atom. The summed E-state index contributed by atoms with van der Waals surface area (Å²) in [6, 6.07) is 7.99. The number of hydrogen-bond donors (Lipinski definition) is 2. The molecule has 0 spiro atoms. The second kappa shape index (κ2) is 10.2. The summed E-state index contributed by atoms with van der Waals surface area (Å²) in [5.74, 6) is 0.0304.